The van der Waals surface area contributed by atoms with Crippen molar-refractivity contribution in [3.05, 3.63) is 27.4 Å². The van der Waals surface area contributed by atoms with E-state index in [-0.39, 0.29) is 23.4 Å². The van der Waals surface area contributed by atoms with Crippen LogP contribution in [-0.4, -0.2) is 44.8 Å². The van der Waals surface area contributed by atoms with Gasteiger partial charge in [-0.25, -0.2) is 4.98 Å². The van der Waals surface area contributed by atoms with Gasteiger partial charge in [0.15, 0.2) is 0 Å². The largest absolute Gasteiger partial charge is 0.332 e. The number of aromatic amines is 1. The van der Waals surface area contributed by atoms with Crippen LogP contribution in [0.25, 0.3) is 0 Å². The quantitative estimate of drug-likeness (QED) is 0.841. The molecule has 6 heteroatoms. The molecule has 0 aromatic carbocycles. The van der Waals surface area contributed by atoms with Crippen LogP contribution < -0.4 is 5.56 Å². The lowest BCUT2D eigenvalue weighted by molar-refractivity contribution is -0.136. The summed E-state index contributed by atoms with van der Waals surface area (Å²) in [6.45, 7) is 8.85. The second kappa shape index (κ2) is 8.58. The number of fused-ring (bicyclic) bond motifs is 1. The molecule has 160 valence electrons. The second-order valence-electron chi connectivity index (χ2n) is 9.51. The molecule has 1 saturated carbocycles. The van der Waals surface area contributed by atoms with E-state index in [9.17, 15) is 9.59 Å². The summed E-state index contributed by atoms with van der Waals surface area (Å²) >= 11 is 0. The Morgan fingerprint density at radius 2 is 1.97 bits per heavy atom. The predicted octanol–water partition coefficient (Wildman–Crippen LogP) is 3.42. The highest BCUT2D eigenvalue weighted by Crippen LogP contribution is 2.33. The number of aromatic nitrogens is 2. The minimum Gasteiger partial charge on any atom is -0.332 e. The standard InChI is InChI=1S/C23H36N4O2/c1-4-16(3)23(29)27-12-5-6-20(27)21-24-19-11-13-26(14-18(19)22(28)25-21)17-9-7-15(2)8-10-17/h15-17,20H,4-14H2,1-3H3,(H,24,25,28)/t15?,16-,17?,20+/m1/s1. The number of carbonyl (C=O) groups excluding carboxylic acids is 1. The van der Waals surface area contributed by atoms with Gasteiger partial charge in [0.1, 0.15) is 5.82 Å². The monoisotopic (exact) mass is 400 g/mol. The normalized spacial score (nSPS) is 28.9. The molecule has 0 radical (unpaired) electrons. The molecule has 1 amide bonds. The van der Waals surface area contributed by atoms with Gasteiger partial charge in [0, 0.05) is 38.0 Å². The van der Waals surface area contributed by atoms with Gasteiger partial charge in [-0.3, -0.25) is 14.5 Å². The van der Waals surface area contributed by atoms with E-state index in [0.717, 1.165) is 62.5 Å². The Balaban J connectivity index is 1.52. The molecule has 1 aromatic heterocycles. The van der Waals surface area contributed by atoms with Gasteiger partial charge in [0.05, 0.1) is 17.3 Å². The molecule has 1 aromatic rings. The first-order valence-corrected chi connectivity index (χ1v) is 11.6. The van der Waals surface area contributed by atoms with Crippen molar-refractivity contribution in [3.8, 4) is 0 Å². The molecule has 3 aliphatic rings. The summed E-state index contributed by atoms with van der Waals surface area (Å²) < 4.78 is 0. The van der Waals surface area contributed by atoms with Crippen molar-refractivity contribution in [3.63, 3.8) is 0 Å². The summed E-state index contributed by atoms with van der Waals surface area (Å²) in [4.78, 5) is 38.1. The van der Waals surface area contributed by atoms with E-state index in [0.29, 0.717) is 11.9 Å². The smallest absolute Gasteiger partial charge is 0.255 e. The number of nitrogens with one attached hydrogen (secondary N) is 1. The Kier molecular flexibility index (Phi) is 6.09. The van der Waals surface area contributed by atoms with Crippen LogP contribution in [0.1, 0.15) is 88.8 Å². The molecule has 1 saturated heterocycles. The van der Waals surface area contributed by atoms with Gasteiger partial charge in [-0.15, -0.1) is 0 Å². The summed E-state index contributed by atoms with van der Waals surface area (Å²) in [5, 5.41) is 0. The zero-order valence-corrected chi connectivity index (χ0v) is 18.2. The molecular formula is C23H36N4O2. The maximum atomic E-state index is 13.0. The molecule has 6 nitrogen and oxygen atoms in total. The van der Waals surface area contributed by atoms with Gasteiger partial charge in [-0.05, 0) is 50.9 Å². The average Bonchev–Trinajstić information content (AvgIpc) is 3.23. The van der Waals surface area contributed by atoms with Gasteiger partial charge in [0.25, 0.3) is 5.56 Å². The lowest BCUT2D eigenvalue weighted by atomic mass is 9.86. The number of hydrogen-bond donors (Lipinski definition) is 1. The zero-order valence-electron chi connectivity index (χ0n) is 18.2. The SMILES string of the molecule is CC[C@@H](C)C(=O)N1CCC[C@H]1c1nc2c(c(=O)[nH]1)CN(C1CCC(C)CC1)CC2. The molecule has 0 spiro atoms. The number of rotatable bonds is 4. The maximum Gasteiger partial charge on any atom is 0.255 e. The third-order valence-electron chi connectivity index (χ3n) is 7.50. The Bertz CT molecular complexity index is 797. The number of hydrogen-bond acceptors (Lipinski definition) is 4. The summed E-state index contributed by atoms with van der Waals surface area (Å²) in [6.07, 6.45) is 8.62. The topological polar surface area (TPSA) is 69.3 Å². The van der Waals surface area contributed by atoms with Gasteiger partial charge in [-0.1, -0.05) is 20.8 Å². The molecule has 3 heterocycles. The van der Waals surface area contributed by atoms with Crippen molar-refractivity contribution >= 4 is 5.91 Å². The fraction of sp³-hybridized carbons (Fsp3) is 0.783. The number of H-pyrrole nitrogens is 1. The van der Waals surface area contributed by atoms with Crippen LogP contribution >= 0.6 is 0 Å². The molecule has 2 atom stereocenters. The highest BCUT2D eigenvalue weighted by Gasteiger charge is 2.35. The first-order valence-electron chi connectivity index (χ1n) is 11.6. The van der Waals surface area contributed by atoms with Crippen molar-refractivity contribution in [1.29, 1.82) is 0 Å². The predicted molar refractivity (Wildman–Crippen MR) is 114 cm³/mol. The van der Waals surface area contributed by atoms with Crippen LogP contribution in [-0.2, 0) is 17.8 Å². The third kappa shape index (κ3) is 4.14. The van der Waals surface area contributed by atoms with Gasteiger partial charge in [-0.2, -0.15) is 0 Å². The van der Waals surface area contributed by atoms with Crippen LogP contribution in [0.2, 0.25) is 0 Å². The molecule has 1 aliphatic carbocycles. The Labute approximate surface area is 174 Å². The van der Waals surface area contributed by atoms with Crippen molar-refractivity contribution in [1.82, 2.24) is 19.8 Å². The van der Waals surface area contributed by atoms with Crippen molar-refractivity contribution in [2.45, 2.75) is 90.8 Å². The first-order chi connectivity index (χ1) is 14.0. The second-order valence-corrected chi connectivity index (χ2v) is 9.51. The molecule has 0 bridgehead atoms. The highest BCUT2D eigenvalue weighted by molar-refractivity contribution is 5.79. The molecular weight excluding hydrogens is 364 g/mol. The van der Waals surface area contributed by atoms with Crippen molar-refractivity contribution in [2.75, 3.05) is 13.1 Å². The molecule has 0 unspecified atom stereocenters. The lowest BCUT2D eigenvalue weighted by Crippen LogP contribution is -2.44. The third-order valence-corrected chi connectivity index (χ3v) is 7.50. The Morgan fingerprint density at radius 3 is 2.69 bits per heavy atom. The molecule has 2 aliphatic heterocycles. The van der Waals surface area contributed by atoms with Crippen molar-refractivity contribution in [2.24, 2.45) is 11.8 Å². The van der Waals surface area contributed by atoms with E-state index in [2.05, 4.69) is 16.8 Å². The highest BCUT2D eigenvalue weighted by atomic mass is 16.2. The lowest BCUT2D eigenvalue weighted by Gasteiger charge is -2.38. The van der Waals surface area contributed by atoms with Gasteiger partial charge in [0.2, 0.25) is 5.91 Å². The minimum atomic E-state index is -0.0765. The van der Waals surface area contributed by atoms with E-state index in [4.69, 9.17) is 4.98 Å². The van der Waals surface area contributed by atoms with Crippen LogP contribution in [0.4, 0.5) is 0 Å². The fourth-order valence-corrected chi connectivity index (χ4v) is 5.31. The number of amides is 1. The summed E-state index contributed by atoms with van der Waals surface area (Å²) in [5.74, 6) is 1.74. The summed E-state index contributed by atoms with van der Waals surface area (Å²) in [6, 6.07) is 0.532. The Morgan fingerprint density at radius 1 is 1.21 bits per heavy atom. The van der Waals surface area contributed by atoms with E-state index in [1.54, 1.807) is 0 Å². The minimum absolute atomic E-state index is 0.00159. The summed E-state index contributed by atoms with van der Waals surface area (Å²) in [5.41, 5.74) is 1.80. The van der Waals surface area contributed by atoms with Crippen LogP contribution in [0.5, 0.6) is 0 Å². The van der Waals surface area contributed by atoms with Gasteiger partial charge >= 0.3 is 0 Å². The fourth-order valence-electron chi connectivity index (χ4n) is 5.31. The Hall–Kier alpha value is -1.69. The maximum absolute atomic E-state index is 13.0. The van der Waals surface area contributed by atoms with E-state index in [1.807, 2.05) is 18.7 Å². The average molecular weight is 401 g/mol. The zero-order chi connectivity index (χ0) is 20.5. The molecule has 1 N–H and O–H groups in total. The first kappa shape index (κ1) is 20.6. The number of likely N-dealkylation sites (tertiary alicyclic amines) is 1. The number of carbonyl (C=O) groups is 1. The van der Waals surface area contributed by atoms with Crippen molar-refractivity contribution < 1.29 is 4.79 Å². The molecule has 29 heavy (non-hydrogen) atoms. The molecule has 2 fully saturated rings. The van der Waals surface area contributed by atoms with Gasteiger partial charge < -0.3 is 9.88 Å². The summed E-state index contributed by atoms with van der Waals surface area (Å²) in [7, 11) is 0. The molecule has 4 rings (SSSR count). The van der Waals surface area contributed by atoms with E-state index < -0.39 is 0 Å². The van der Waals surface area contributed by atoms with Crippen LogP contribution in [0.15, 0.2) is 4.79 Å². The van der Waals surface area contributed by atoms with Crippen LogP contribution in [0.3, 0.4) is 0 Å². The van der Waals surface area contributed by atoms with E-state index >= 15 is 0 Å². The number of nitrogens with zero attached hydrogens (tertiary/aromatic N) is 3. The van der Waals surface area contributed by atoms with Crippen LogP contribution in [0, 0.1) is 11.8 Å². The van der Waals surface area contributed by atoms with E-state index in [1.165, 1.54) is 25.7 Å².